The van der Waals surface area contributed by atoms with Crippen molar-refractivity contribution in [3.63, 3.8) is 0 Å². The molecular weight excluding hydrogens is 1110 g/mol. The van der Waals surface area contributed by atoms with Gasteiger partial charge in [-0.3, -0.25) is 38.4 Å². The van der Waals surface area contributed by atoms with Gasteiger partial charge in [-0.25, -0.2) is 0 Å². The minimum absolute atomic E-state index is 0.0179. The predicted octanol–water partition coefficient (Wildman–Crippen LogP) is 8.18. The molecule has 8 atom stereocenters. The normalized spacial score (nSPS) is 19.4. The Kier molecular flexibility index (Phi) is 25.6. The van der Waals surface area contributed by atoms with Gasteiger partial charge >= 0.3 is 0 Å². The lowest BCUT2D eigenvalue weighted by Gasteiger charge is -2.36. The highest BCUT2D eigenvalue weighted by molar-refractivity contribution is 5.97. The van der Waals surface area contributed by atoms with Crippen LogP contribution in [0, 0.1) is 17.8 Å². The molecule has 17 nitrogen and oxygen atoms in total. The maximum absolute atomic E-state index is 14.8. The van der Waals surface area contributed by atoms with E-state index >= 15 is 0 Å². The fourth-order valence-electron chi connectivity index (χ4n) is 13.7. The summed E-state index contributed by atoms with van der Waals surface area (Å²) in [5, 5.41) is 21.8. The molecule has 8 amide bonds. The predicted molar refractivity (Wildman–Crippen MR) is 342 cm³/mol. The largest absolute Gasteiger partial charge is 0.354 e. The van der Waals surface area contributed by atoms with Gasteiger partial charge in [0.1, 0.15) is 36.3 Å². The summed E-state index contributed by atoms with van der Waals surface area (Å²) in [7, 11) is 1.71. The third-order valence-corrected chi connectivity index (χ3v) is 19.1. The molecule has 2 saturated heterocycles. The van der Waals surface area contributed by atoms with Gasteiger partial charge < -0.3 is 47.0 Å². The minimum Gasteiger partial charge on any atom is -0.354 e. The van der Waals surface area contributed by atoms with E-state index in [0.29, 0.717) is 71.1 Å². The molecule has 4 aromatic rings. The molecule has 2 heterocycles. The Balaban J connectivity index is 0.921. The molecule has 4 aromatic carbocycles. The van der Waals surface area contributed by atoms with E-state index in [1.54, 1.807) is 23.8 Å². The van der Waals surface area contributed by atoms with Crippen LogP contribution in [-0.4, -0.2) is 133 Å². The lowest BCUT2D eigenvalue weighted by atomic mass is 9.83. The van der Waals surface area contributed by atoms with Crippen LogP contribution in [0.25, 0.3) is 0 Å². The van der Waals surface area contributed by atoms with Gasteiger partial charge in [0, 0.05) is 43.9 Å². The van der Waals surface area contributed by atoms with Crippen molar-refractivity contribution in [2.45, 2.75) is 197 Å². The molecule has 2 aliphatic carbocycles. The van der Waals surface area contributed by atoms with Crippen LogP contribution in [0.3, 0.4) is 0 Å². The van der Waals surface area contributed by atoms with Crippen molar-refractivity contribution in [1.82, 2.24) is 47.0 Å². The van der Waals surface area contributed by atoms with Gasteiger partial charge in [0.25, 0.3) is 0 Å². The fourth-order valence-corrected chi connectivity index (χ4v) is 13.7. The molecule has 0 radical (unpaired) electrons. The number of likely N-dealkylation sites (N-methyl/N-ethyl adjacent to an activating group) is 1. The number of carbonyl (C=O) groups is 8. The monoisotopic (exact) mass is 1200 g/mol. The summed E-state index contributed by atoms with van der Waals surface area (Å²) in [6.07, 6.45) is 14.8. The summed E-state index contributed by atoms with van der Waals surface area (Å²) in [6.45, 7) is 6.97. The van der Waals surface area contributed by atoms with Crippen LogP contribution in [0.4, 0.5) is 0 Å². The van der Waals surface area contributed by atoms with Crippen molar-refractivity contribution in [3.8, 4) is 0 Å². The van der Waals surface area contributed by atoms with Gasteiger partial charge in [0.05, 0.1) is 6.04 Å². The number of nitrogens with zero attached hydrogens (tertiary/aromatic N) is 2. The van der Waals surface area contributed by atoms with Crippen LogP contribution in [0.5, 0.6) is 0 Å². The average molecular weight is 1200 g/mol. The third kappa shape index (κ3) is 17.7. The molecule has 2 saturated carbocycles. The maximum Gasteiger partial charge on any atom is 0.246 e. The second kappa shape index (κ2) is 33.8. The number of carbonyl (C=O) groups excluding carboxylic acids is 8. The maximum atomic E-state index is 14.8. The Labute approximate surface area is 521 Å². The van der Waals surface area contributed by atoms with Crippen molar-refractivity contribution in [1.29, 1.82) is 0 Å². The van der Waals surface area contributed by atoms with Crippen molar-refractivity contribution in [2.75, 3.05) is 33.2 Å². The highest BCUT2D eigenvalue weighted by Gasteiger charge is 2.45. The Hall–Kier alpha value is -7.40. The first-order valence-electron chi connectivity index (χ1n) is 33.0. The quantitative estimate of drug-likeness (QED) is 0.0260. The SMILES string of the molecule is CC[C@@H](C)C(=O)N[C@H](C(=O)N1CCC[C@H]1C(=O)N[C@H](C(=O)NCCCCCCNC(=O)[C@@H](NC(=O)[C@@H]1CCCN1C(=O)[C@@H](NC(=O)[C@@H](C)NC)C1CCCCC1)C(c1ccccc1)c1ccccc1)C(c1ccccc1)c1ccccc1)C1CCCCC1. The lowest BCUT2D eigenvalue weighted by Crippen LogP contribution is -2.59. The molecule has 4 fully saturated rings. The number of rotatable bonds is 29. The summed E-state index contributed by atoms with van der Waals surface area (Å²) < 4.78 is 0. The summed E-state index contributed by atoms with van der Waals surface area (Å²) in [5.41, 5.74) is 3.37. The topological polar surface area (TPSA) is 227 Å². The highest BCUT2D eigenvalue weighted by Crippen LogP contribution is 2.34. The average Bonchev–Trinajstić information content (AvgIpc) is 4.40. The molecule has 0 unspecified atom stereocenters. The molecule has 7 N–H and O–H groups in total. The fraction of sp³-hybridized carbons (Fsp3) is 0.549. The zero-order chi connectivity index (χ0) is 62.4. The van der Waals surface area contributed by atoms with E-state index in [1.807, 2.05) is 135 Å². The molecule has 4 aliphatic rings. The van der Waals surface area contributed by atoms with Crippen molar-refractivity contribution in [3.05, 3.63) is 144 Å². The van der Waals surface area contributed by atoms with E-state index in [9.17, 15) is 38.4 Å². The van der Waals surface area contributed by atoms with E-state index in [4.69, 9.17) is 0 Å². The van der Waals surface area contributed by atoms with Crippen LogP contribution in [0.1, 0.15) is 177 Å². The number of amides is 8. The molecule has 0 aromatic heterocycles. The molecule has 88 heavy (non-hydrogen) atoms. The Morgan fingerprint density at radius 2 is 0.784 bits per heavy atom. The van der Waals surface area contributed by atoms with E-state index in [1.165, 1.54) is 0 Å². The number of likely N-dealkylation sites (tertiary alicyclic amines) is 2. The van der Waals surface area contributed by atoms with Crippen LogP contribution < -0.4 is 37.2 Å². The van der Waals surface area contributed by atoms with Gasteiger partial charge in [-0.05, 0) is 119 Å². The van der Waals surface area contributed by atoms with Gasteiger partial charge in [-0.1, -0.05) is 187 Å². The molecule has 0 bridgehead atoms. The van der Waals surface area contributed by atoms with E-state index in [-0.39, 0.29) is 53.2 Å². The minimum atomic E-state index is -1.04. The first kappa shape index (κ1) is 66.6. The Morgan fingerprint density at radius 1 is 0.432 bits per heavy atom. The Bertz CT molecular complexity index is 2610. The van der Waals surface area contributed by atoms with E-state index in [0.717, 1.165) is 99.3 Å². The molecule has 0 spiro atoms. The number of hydrogen-bond donors (Lipinski definition) is 7. The highest BCUT2D eigenvalue weighted by atomic mass is 16.2. The van der Waals surface area contributed by atoms with Crippen LogP contribution in [0.2, 0.25) is 0 Å². The van der Waals surface area contributed by atoms with E-state index < -0.39 is 65.9 Å². The van der Waals surface area contributed by atoms with Crippen LogP contribution >= 0.6 is 0 Å². The zero-order valence-electron chi connectivity index (χ0n) is 52.4. The first-order chi connectivity index (χ1) is 42.8. The lowest BCUT2D eigenvalue weighted by molar-refractivity contribution is -0.144. The summed E-state index contributed by atoms with van der Waals surface area (Å²) in [6, 6.07) is 32.9. The molecule has 2 aliphatic heterocycles. The zero-order valence-corrected chi connectivity index (χ0v) is 52.4. The van der Waals surface area contributed by atoms with Crippen molar-refractivity contribution >= 4 is 47.3 Å². The molecular formula is C71H97N9O8. The van der Waals surface area contributed by atoms with E-state index in [2.05, 4.69) is 37.2 Å². The number of nitrogens with one attached hydrogen (secondary N) is 7. The smallest absolute Gasteiger partial charge is 0.246 e. The molecule has 17 heteroatoms. The summed E-state index contributed by atoms with van der Waals surface area (Å²) in [4.78, 5) is 118. The van der Waals surface area contributed by atoms with Crippen LogP contribution in [0.15, 0.2) is 121 Å². The number of benzene rings is 4. The second-order valence-corrected chi connectivity index (χ2v) is 25.0. The second-order valence-electron chi connectivity index (χ2n) is 25.0. The number of hydrogen-bond acceptors (Lipinski definition) is 9. The number of unbranched alkanes of at least 4 members (excludes halogenated alkanes) is 3. The standard InChI is InChI=1S/C71H97N9O8/c1-5-48(2)64(81)75-60(54-38-22-12-23-39-54)70(87)79-46-28-42-56(79)66(83)77-62(58(50-30-14-8-15-31-50)51-32-16-9-17-33-51)68(85)73-44-26-6-7-27-45-74-69(86)63(59(52-34-18-10-19-35-52)53-36-20-11-21-37-53)78-67(84)57-43-29-47-80(57)71(88)61(55-40-24-13-25-41-55)76-65(82)49(3)72-4/h8-11,14-21,30-37,48-49,54-63,72H,5-7,12-13,22-29,38-47H2,1-4H3,(H,73,85)(H,74,86)(H,75,81)(H,76,82)(H,77,83)(H,78,84)/t48-,49-,56+,57+,60+,61+,62+,63+/m1/s1. The molecule has 8 rings (SSSR count). The van der Waals surface area contributed by atoms with Crippen molar-refractivity contribution in [2.24, 2.45) is 17.8 Å². The molecule has 474 valence electrons. The summed E-state index contributed by atoms with van der Waals surface area (Å²) in [5.74, 6) is -3.89. The Morgan fingerprint density at radius 3 is 1.12 bits per heavy atom. The van der Waals surface area contributed by atoms with Gasteiger partial charge in [-0.2, -0.15) is 0 Å². The van der Waals surface area contributed by atoms with Gasteiger partial charge in [-0.15, -0.1) is 0 Å². The first-order valence-corrected chi connectivity index (χ1v) is 33.0. The van der Waals surface area contributed by atoms with Crippen molar-refractivity contribution < 1.29 is 38.4 Å². The van der Waals surface area contributed by atoms with Gasteiger partial charge in [0.2, 0.25) is 47.3 Å². The summed E-state index contributed by atoms with van der Waals surface area (Å²) >= 11 is 0. The van der Waals surface area contributed by atoms with Gasteiger partial charge in [0.15, 0.2) is 0 Å². The van der Waals surface area contributed by atoms with Crippen LogP contribution in [-0.2, 0) is 38.4 Å². The third-order valence-electron chi connectivity index (χ3n) is 19.1.